The number of benzene rings is 2. The van der Waals surface area contributed by atoms with Gasteiger partial charge in [-0.2, -0.15) is 5.10 Å². The summed E-state index contributed by atoms with van der Waals surface area (Å²) in [7, 11) is 0. The standard InChI is InChI=1S/C18H16Cl2FN3O2.ClH/c1-12(21)18(25,9-24-11-22-10-23-24)16-7-6-15(8-17(16)20)26-14-4-2-13(19)3-5-14;/h2-8,10-12,25H,9H2,1H3;1H. The summed E-state index contributed by atoms with van der Waals surface area (Å²) >= 11 is 12.2. The van der Waals surface area contributed by atoms with E-state index < -0.39 is 11.8 Å². The molecule has 0 aliphatic heterocycles. The minimum Gasteiger partial charge on any atom is -0.457 e. The van der Waals surface area contributed by atoms with E-state index in [1.165, 1.54) is 30.3 Å². The molecule has 144 valence electrons. The number of hydrogen-bond acceptors (Lipinski definition) is 4. The lowest BCUT2D eigenvalue weighted by Crippen LogP contribution is -2.40. The Kier molecular flexibility index (Phi) is 7.06. The van der Waals surface area contributed by atoms with Crippen molar-refractivity contribution in [2.45, 2.75) is 25.2 Å². The summed E-state index contributed by atoms with van der Waals surface area (Å²) in [6, 6.07) is 11.5. The number of ether oxygens (including phenoxy) is 1. The lowest BCUT2D eigenvalue weighted by Gasteiger charge is -2.31. The number of nitrogens with zero attached hydrogens (tertiary/aromatic N) is 3. The molecule has 2 aromatic carbocycles. The highest BCUT2D eigenvalue weighted by atomic mass is 35.5. The molecule has 1 heterocycles. The van der Waals surface area contributed by atoms with Crippen LogP contribution >= 0.6 is 35.6 Å². The van der Waals surface area contributed by atoms with Gasteiger partial charge in [-0.3, -0.25) is 0 Å². The number of alkyl halides is 1. The van der Waals surface area contributed by atoms with Gasteiger partial charge in [0.25, 0.3) is 0 Å². The summed E-state index contributed by atoms with van der Waals surface area (Å²) in [5.74, 6) is 1.03. The van der Waals surface area contributed by atoms with E-state index in [2.05, 4.69) is 10.1 Å². The SMILES string of the molecule is CC(F)C(O)(Cn1cncn1)c1ccc(Oc2ccc(Cl)cc2)cc1Cl.Cl. The Labute approximate surface area is 172 Å². The maximum Gasteiger partial charge on any atom is 0.141 e. The maximum atomic E-state index is 14.3. The monoisotopic (exact) mass is 431 g/mol. The molecule has 3 aromatic rings. The van der Waals surface area contributed by atoms with Gasteiger partial charge in [0, 0.05) is 10.6 Å². The molecule has 1 N–H and O–H groups in total. The summed E-state index contributed by atoms with van der Waals surface area (Å²) in [4.78, 5) is 3.80. The van der Waals surface area contributed by atoms with Gasteiger partial charge in [0.15, 0.2) is 0 Å². The molecule has 0 amide bonds. The van der Waals surface area contributed by atoms with E-state index in [-0.39, 0.29) is 29.5 Å². The molecule has 0 aliphatic carbocycles. The van der Waals surface area contributed by atoms with E-state index in [9.17, 15) is 9.50 Å². The van der Waals surface area contributed by atoms with Crippen LogP contribution in [-0.2, 0) is 12.1 Å². The predicted octanol–water partition coefficient (Wildman–Crippen LogP) is 5.04. The van der Waals surface area contributed by atoms with E-state index in [4.69, 9.17) is 27.9 Å². The Morgan fingerprint density at radius 1 is 1.19 bits per heavy atom. The summed E-state index contributed by atoms with van der Waals surface area (Å²) in [5.41, 5.74) is -1.61. The van der Waals surface area contributed by atoms with E-state index in [1.807, 2.05) is 0 Å². The van der Waals surface area contributed by atoms with Crippen LogP contribution in [0.15, 0.2) is 55.1 Å². The zero-order chi connectivity index (χ0) is 18.7. The second-order valence-corrected chi connectivity index (χ2v) is 6.67. The Morgan fingerprint density at radius 2 is 1.85 bits per heavy atom. The molecule has 1 aromatic heterocycles. The second kappa shape index (κ2) is 8.89. The van der Waals surface area contributed by atoms with E-state index in [1.54, 1.807) is 36.4 Å². The van der Waals surface area contributed by atoms with Gasteiger partial charge in [-0.05, 0) is 43.3 Å². The summed E-state index contributed by atoms with van der Waals surface area (Å²) in [6.07, 6.45) is 1.13. The Morgan fingerprint density at radius 3 is 2.41 bits per heavy atom. The molecule has 3 rings (SSSR count). The molecule has 0 saturated heterocycles. The van der Waals surface area contributed by atoms with Gasteiger partial charge in [0.1, 0.15) is 35.9 Å². The molecule has 0 spiro atoms. The van der Waals surface area contributed by atoms with Gasteiger partial charge in [-0.25, -0.2) is 14.1 Å². The van der Waals surface area contributed by atoms with Gasteiger partial charge in [-0.1, -0.05) is 29.3 Å². The normalized spacial score (nSPS) is 14.1. The van der Waals surface area contributed by atoms with Crippen LogP contribution in [0.5, 0.6) is 11.5 Å². The first-order valence-corrected chi connectivity index (χ1v) is 8.56. The molecule has 0 saturated carbocycles. The summed E-state index contributed by atoms with van der Waals surface area (Å²) < 4.78 is 21.3. The van der Waals surface area contributed by atoms with Crippen LogP contribution < -0.4 is 4.74 Å². The van der Waals surface area contributed by atoms with Gasteiger partial charge < -0.3 is 9.84 Å². The molecule has 2 atom stereocenters. The van der Waals surface area contributed by atoms with E-state index >= 15 is 0 Å². The number of hydrogen-bond donors (Lipinski definition) is 1. The van der Waals surface area contributed by atoms with Crippen LogP contribution in [0.3, 0.4) is 0 Å². The van der Waals surface area contributed by atoms with Crippen molar-refractivity contribution in [3.05, 3.63) is 70.7 Å². The number of halogens is 4. The van der Waals surface area contributed by atoms with Crippen molar-refractivity contribution in [2.75, 3.05) is 0 Å². The molecular weight excluding hydrogens is 416 g/mol. The van der Waals surface area contributed by atoms with Crippen molar-refractivity contribution in [1.82, 2.24) is 14.8 Å². The van der Waals surface area contributed by atoms with Crippen LogP contribution in [0.1, 0.15) is 12.5 Å². The van der Waals surface area contributed by atoms with Crippen molar-refractivity contribution >= 4 is 35.6 Å². The molecular formula is C18H17Cl3FN3O2. The number of aliphatic hydroxyl groups is 1. The average Bonchev–Trinajstić information content (AvgIpc) is 3.09. The zero-order valence-electron chi connectivity index (χ0n) is 14.2. The molecule has 27 heavy (non-hydrogen) atoms. The molecule has 5 nitrogen and oxygen atoms in total. The summed E-state index contributed by atoms with van der Waals surface area (Å²) in [5, 5.41) is 15.6. The maximum absolute atomic E-state index is 14.3. The second-order valence-electron chi connectivity index (χ2n) is 5.83. The number of rotatable bonds is 6. The minimum atomic E-state index is -1.86. The van der Waals surface area contributed by atoms with Crippen molar-refractivity contribution in [3.8, 4) is 11.5 Å². The fraction of sp³-hybridized carbons (Fsp3) is 0.222. The van der Waals surface area contributed by atoms with Gasteiger partial charge in [0.05, 0.1) is 11.6 Å². The first-order chi connectivity index (χ1) is 12.4. The number of aromatic nitrogens is 3. The molecule has 2 unspecified atom stereocenters. The van der Waals surface area contributed by atoms with E-state index in [0.29, 0.717) is 16.5 Å². The van der Waals surface area contributed by atoms with Crippen LogP contribution in [0.4, 0.5) is 4.39 Å². The van der Waals surface area contributed by atoms with Crippen LogP contribution in [0, 0.1) is 0 Å². The Balaban J connectivity index is 0.00000261. The highest BCUT2D eigenvalue weighted by Crippen LogP contribution is 2.37. The van der Waals surface area contributed by atoms with Crippen LogP contribution in [-0.4, -0.2) is 26.0 Å². The fourth-order valence-corrected chi connectivity index (χ4v) is 3.00. The fourth-order valence-electron chi connectivity index (χ4n) is 2.54. The largest absolute Gasteiger partial charge is 0.457 e. The minimum absolute atomic E-state index is 0. The van der Waals surface area contributed by atoms with E-state index in [0.717, 1.165) is 0 Å². The van der Waals surface area contributed by atoms with Gasteiger partial charge >= 0.3 is 0 Å². The Bertz CT molecular complexity index is 876. The average molecular weight is 433 g/mol. The highest BCUT2D eigenvalue weighted by molar-refractivity contribution is 6.31. The predicted molar refractivity (Wildman–Crippen MR) is 105 cm³/mol. The first-order valence-electron chi connectivity index (χ1n) is 7.81. The van der Waals surface area contributed by atoms with Crippen LogP contribution in [0.25, 0.3) is 0 Å². The molecule has 0 fully saturated rings. The van der Waals surface area contributed by atoms with Crippen molar-refractivity contribution in [2.24, 2.45) is 0 Å². The topological polar surface area (TPSA) is 60.2 Å². The quantitative estimate of drug-likeness (QED) is 0.592. The van der Waals surface area contributed by atoms with Crippen molar-refractivity contribution in [1.29, 1.82) is 0 Å². The zero-order valence-corrected chi connectivity index (χ0v) is 16.5. The molecule has 0 radical (unpaired) electrons. The first kappa shape index (κ1) is 21.4. The van der Waals surface area contributed by atoms with Crippen LogP contribution in [0.2, 0.25) is 10.0 Å². The Hall–Kier alpha value is -1.86. The third kappa shape index (κ3) is 4.90. The lowest BCUT2D eigenvalue weighted by molar-refractivity contribution is -0.0498. The van der Waals surface area contributed by atoms with Crippen molar-refractivity contribution in [3.63, 3.8) is 0 Å². The third-order valence-corrected chi connectivity index (χ3v) is 4.55. The summed E-state index contributed by atoms with van der Waals surface area (Å²) in [6.45, 7) is 1.15. The lowest BCUT2D eigenvalue weighted by atomic mass is 9.89. The third-order valence-electron chi connectivity index (χ3n) is 3.98. The van der Waals surface area contributed by atoms with Gasteiger partial charge in [0.2, 0.25) is 0 Å². The molecule has 9 heteroatoms. The molecule has 0 bridgehead atoms. The highest BCUT2D eigenvalue weighted by Gasteiger charge is 2.39. The smallest absolute Gasteiger partial charge is 0.141 e. The molecule has 0 aliphatic rings. The van der Waals surface area contributed by atoms with Crippen molar-refractivity contribution < 1.29 is 14.2 Å². The van der Waals surface area contributed by atoms with Gasteiger partial charge in [-0.15, -0.1) is 12.4 Å².